The molecular weight excluding hydrogens is 290 g/mol. The average molecular weight is 313 g/mol. The van der Waals surface area contributed by atoms with E-state index in [1.807, 2.05) is 0 Å². The zero-order valence-corrected chi connectivity index (χ0v) is 13.5. The van der Waals surface area contributed by atoms with Crippen LogP contribution in [0.4, 0.5) is 4.79 Å². The number of hydrogen-bond acceptors (Lipinski definition) is 2. The van der Waals surface area contributed by atoms with Gasteiger partial charge in [-0.3, -0.25) is 0 Å². The van der Waals surface area contributed by atoms with E-state index in [9.17, 15) is 4.79 Å². The van der Waals surface area contributed by atoms with E-state index < -0.39 is 6.09 Å². The zero-order chi connectivity index (χ0) is 16.0. The maximum atomic E-state index is 11.0. The van der Waals surface area contributed by atoms with E-state index in [1.165, 1.54) is 34.4 Å². The molecule has 1 heterocycles. The first kappa shape index (κ1) is 14.6. The van der Waals surface area contributed by atoms with Gasteiger partial charge in [0.1, 0.15) is 5.75 Å². The average Bonchev–Trinajstić information content (AvgIpc) is 3.36. The van der Waals surface area contributed by atoms with Crippen molar-refractivity contribution in [3.63, 3.8) is 0 Å². The monoisotopic (exact) mass is 313 g/mol. The van der Waals surface area contributed by atoms with Crippen LogP contribution in [-0.4, -0.2) is 36.3 Å². The summed E-state index contributed by atoms with van der Waals surface area (Å²) >= 11 is 0. The molecule has 4 heteroatoms. The smallest absolute Gasteiger partial charge is 0.407 e. The van der Waals surface area contributed by atoms with Gasteiger partial charge in [0.15, 0.2) is 0 Å². The topological polar surface area (TPSA) is 49.8 Å². The van der Waals surface area contributed by atoms with Gasteiger partial charge in [-0.15, -0.1) is 0 Å². The normalized spacial score (nSPS) is 22.5. The van der Waals surface area contributed by atoms with Crippen molar-refractivity contribution in [3.8, 4) is 5.75 Å². The molecule has 1 N–H and O–H groups in total. The lowest BCUT2D eigenvalue weighted by molar-refractivity contribution is 0.00504. The molecule has 2 fully saturated rings. The standard InChI is InChI=1S/C19H23NO3/c1-23-17-10-15(4-5-16(17)14-2-3-14)13-6-8-19(9-7-13)11-20(12-19)18(21)22/h4-6,10,14H,2-3,7-9,11-12H2,1H3,(H,21,22). The summed E-state index contributed by atoms with van der Waals surface area (Å²) < 4.78 is 5.59. The summed E-state index contributed by atoms with van der Waals surface area (Å²) in [6.07, 6.45) is 7.18. The summed E-state index contributed by atoms with van der Waals surface area (Å²) in [5, 5.41) is 9.01. The molecule has 1 saturated carbocycles. The molecule has 1 aromatic carbocycles. The number of amides is 1. The Morgan fingerprint density at radius 3 is 2.70 bits per heavy atom. The Morgan fingerprint density at radius 2 is 2.13 bits per heavy atom. The van der Waals surface area contributed by atoms with Gasteiger partial charge in [0.2, 0.25) is 0 Å². The van der Waals surface area contributed by atoms with Crippen molar-refractivity contribution in [2.45, 2.75) is 38.0 Å². The van der Waals surface area contributed by atoms with Crippen LogP contribution in [-0.2, 0) is 0 Å². The Hall–Kier alpha value is -1.97. The summed E-state index contributed by atoms with van der Waals surface area (Å²) in [5.41, 5.74) is 4.18. The first-order valence-corrected chi connectivity index (χ1v) is 8.45. The number of hydrogen-bond donors (Lipinski definition) is 1. The van der Waals surface area contributed by atoms with Crippen LogP contribution in [0.1, 0.15) is 49.1 Å². The third-order valence-corrected chi connectivity index (χ3v) is 5.65. The fourth-order valence-corrected chi connectivity index (χ4v) is 4.03. The van der Waals surface area contributed by atoms with Crippen LogP contribution in [0.5, 0.6) is 5.75 Å². The molecular formula is C19H23NO3. The van der Waals surface area contributed by atoms with Gasteiger partial charge >= 0.3 is 6.09 Å². The number of allylic oxidation sites excluding steroid dienone is 2. The van der Waals surface area contributed by atoms with Gasteiger partial charge in [0.25, 0.3) is 0 Å². The van der Waals surface area contributed by atoms with Crippen LogP contribution in [0.25, 0.3) is 5.57 Å². The number of nitrogens with zero attached hydrogens (tertiary/aromatic N) is 1. The SMILES string of the molecule is COc1cc(C2=CCC3(CC2)CN(C(=O)O)C3)ccc1C1CC1. The summed E-state index contributed by atoms with van der Waals surface area (Å²) in [6.45, 7) is 1.38. The second-order valence-corrected chi connectivity index (χ2v) is 7.30. The third-order valence-electron chi connectivity index (χ3n) is 5.65. The number of methoxy groups -OCH3 is 1. The lowest BCUT2D eigenvalue weighted by atomic mass is 9.69. The molecule has 0 unspecified atom stereocenters. The van der Waals surface area contributed by atoms with Gasteiger partial charge in [0.05, 0.1) is 7.11 Å². The van der Waals surface area contributed by atoms with Crippen LogP contribution in [0.2, 0.25) is 0 Å². The summed E-state index contributed by atoms with van der Waals surface area (Å²) in [4.78, 5) is 12.5. The Balaban J connectivity index is 1.49. The minimum Gasteiger partial charge on any atom is -0.496 e. The second-order valence-electron chi connectivity index (χ2n) is 7.30. The third kappa shape index (κ3) is 2.60. The zero-order valence-electron chi connectivity index (χ0n) is 13.5. The quantitative estimate of drug-likeness (QED) is 0.913. The van der Waals surface area contributed by atoms with Gasteiger partial charge in [-0.25, -0.2) is 4.79 Å². The molecule has 2 aliphatic carbocycles. The van der Waals surface area contributed by atoms with Gasteiger partial charge in [-0.05, 0) is 60.8 Å². The number of ether oxygens (including phenoxy) is 1. The highest BCUT2D eigenvalue weighted by Gasteiger charge is 2.45. The summed E-state index contributed by atoms with van der Waals surface area (Å²) in [5.74, 6) is 1.71. The molecule has 4 rings (SSSR count). The summed E-state index contributed by atoms with van der Waals surface area (Å²) in [7, 11) is 1.75. The van der Waals surface area contributed by atoms with Gasteiger partial charge in [0, 0.05) is 18.5 Å². The van der Waals surface area contributed by atoms with Crippen LogP contribution < -0.4 is 4.74 Å². The molecule has 1 saturated heterocycles. The molecule has 1 aromatic rings. The molecule has 23 heavy (non-hydrogen) atoms. The first-order valence-electron chi connectivity index (χ1n) is 8.45. The predicted octanol–water partition coefficient (Wildman–Crippen LogP) is 4.12. The molecule has 1 amide bonds. The van der Waals surface area contributed by atoms with E-state index in [0.717, 1.165) is 25.0 Å². The molecule has 1 spiro atoms. The van der Waals surface area contributed by atoms with Crippen molar-refractivity contribution in [3.05, 3.63) is 35.4 Å². The van der Waals surface area contributed by atoms with Crippen LogP contribution >= 0.6 is 0 Å². The van der Waals surface area contributed by atoms with Gasteiger partial charge < -0.3 is 14.7 Å². The highest BCUT2D eigenvalue weighted by molar-refractivity contribution is 5.70. The van der Waals surface area contributed by atoms with E-state index >= 15 is 0 Å². The Kier molecular flexibility index (Phi) is 3.36. The highest BCUT2D eigenvalue weighted by Crippen LogP contribution is 2.47. The molecule has 1 aliphatic heterocycles. The van der Waals surface area contributed by atoms with Crippen molar-refractivity contribution >= 4 is 11.7 Å². The van der Waals surface area contributed by atoms with E-state index in [0.29, 0.717) is 19.0 Å². The molecule has 122 valence electrons. The van der Waals surface area contributed by atoms with E-state index in [1.54, 1.807) is 7.11 Å². The lowest BCUT2D eigenvalue weighted by Gasteiger charge is -2.50. The van der Waals surface area contributed by atoms with Crippen LogP contribution in [0.3, 0.4) is 0 Å². The van der Waals surface area contributed by atoms with Crippen LogP contribution in [0.15, 0.2) is 24.3 Å². The largest absolute Gasteiger partial charge is 0.496 e. The van der Waals surface area contributed by atoms with Crippen LogP contribution in [0, 0.1) is 5.41 Å². The molecule has 0 atom stereocenters. The molecule has 3 aliphatic rings. The fraction of sp³-hybridized carbons (Fsp3) is 0.526. The van der Waals surface area contributed by atoms with Crippen molar-refractivity contribution in [2.24, 2.45) is 5.41 Å². The number of carboxylic acid groups (broad SMARTS) is 1. The van der Waals surface area contributed by atoms with Crippen molar-refractivity contribution in [1.82, 2.24) is 4.90 Å². The van der Waals surface area contributed by atoms with Gasteiger partial charge in [-0.1, -0.05) is 18.2 Å². The first-order chi connectivity index (χ1) is 11.1. The maximum Gasteiger partial charge on any atom is 0.407 e. The molecule has 0 aromatic heterocycles. The number of carbonyl (C=O) groups is 1. The number of rotatable bonds is 3. The Bertz CT molecular complexity index is 669. The van der Waals surface area contributed by atoms with E-state index in [-0.39, 0.29) is 5.41 Å². The Morgan fingerprint density at radius 1 is 1.35 bits per heavy atom. The second kappa shape index (κ2) is 5.29. The Labute approximate surface area is 136 Å². The number of benzene rings is 1. The number of likely N-dealkylation sites (tertiary alicyclic amines) is 1. The van der Waals surface area contributed by atoms with Crippen molar-refractivity contribution in [1.29, 1.82) is 0 Å². The van der Waals surface area contributed by atoms with E-state index in [2.05, 4.69) is 24.3 Å². The fourth-order valence-electron chi connectivity index (χ4n) is 4.03. The van der Waals surface area contributed by atoms with E-state index in [4.69, 9.17) is 9.84 Å². The molecule has 0 radical (unpaired) electrons. The summed E-state index contributed by atoms with van der Waals surface area (Å²) in [6, 6.07) is 6.64. The minimum atomic E-state index is -0.786. The molecule has 0 bridgehead atoms. The predicted molar refractivity (Wildman–Crippen MR) is 88.8 cm³/mol. The minimum absolute atomic E-state index is 0.194. The lowest BCUT2D eigenvalue weighted by Crippen LogP contribution is -2.58. The van der Waals surface area contributed by atoms with Gasteiger partial charge in [-0.2, -0.15) is 0 Å². The molecule has 4 nitrogen and oxygen atoms in total. The van der Waals surface area contributed by atoms with Crippen molar-refractivity contribution in [2.75, 3.05) is 20.2 Å². The maximum absolute atomic E-state index is 11.0. The van der Waals surface area contributed by atoms with Crippen molar-refractivity contribution < 1.29 is 14.6 Å². The highest BCUT2D eigenvalue weighted by atomic mass is 16.5.